The molecule has 0 amide bonds. The van der Waals surface area contributed by atoms with Crippen molar-refractivity contribution >= 4 is 5.97 Å². The lowest BCUT2D eigenvalue weighted by atomic mass is 9.98. The fourth-order valence-corrected chi connectivity index (χ4v) is 2.91. The number of halogens is 2. The molecule has 0 aliphatic heterocycles. The van der Waals surface area contributed by atoms with Gasteiger partial charge in [-0.2, -0.15) is 0 Å². The molecule has 2 aromatic rings. The summed E-state index contributed by atoms with van der Waals surface area (Å²) in [6.45, 7) is 1.53. The summed E-state index contributed by atoms with van der Waals surface area (Å²) in [4.78, 5) is 14.8. The highest BCUT2D eigenvalue weighted by molar-refractivity contribution is 5.94. The van der Waals surface area contributed by atoms with Crippen LogP contribution in [0.5, 0.6) is 17.2 Å². The van der Waals surface area contributed by atoms with Crippen LogP contribution >= 0.6 is 0 Å². The van der Waals surface area contributed by atoms with E-state index in [1.165, 1.54) is 21.3 Å². The fourth-order valence-electron chi connectivity index (χ4n) is 2.91. The molecule has 0 spiro atoms. The molecule has 7 nitrogen and oxygen atoms in total. The molecule has 0 saturated heterocycles. The lowest BCUT2D eigenvalue weighted by Gasteiger charge is -2.17. The summed E-state index contributed by atoms with van der Waals surface area (Å²) >= 11 is 0. The molecule has 3 N–H and O–H groups in total. The van der Waals surface area contributed by atoms with E-state index < -0.39 is 18.0 Å². The Hall–Kier alpha value is -2.81. The zero-order valence-corrected chi connectivity index (χ0v) is 15.5. The lowest BCUT2D eigenvalue weighted by molar-refractivity contribution is 0.0509. The van der Waals surface area contributed by atoms with Crippen LogP contribution in [0.2, 0.25) is 0 Å². The van der Waals surface area contributed by atoms with E-state index in [0.29, 0.717) is 5.75 Å². The topological polar surface area (TPSA) is 95.8 Å². The van der Waals surface area contributed by atoms with Gasteiger partial charge in [-0.15, -0.1) is 0 Å². The summed E-state index contributed by atoms with van der Waals surface area (Å²) in [7, 11) is 4.23. The van der Waals surface area contributed by atoms with E-state index >= 15 is 0 Å². The van der Waals surface area contributed by atoms with E-state index in [0.717, 1.165) is 0 Å². The number of benzene rings is 1. The number of alkyl halides is 2. The van der Waals surface area contributed by atoms with Crippen LogP contribution in [-0.2, 0) is 11.3 Å². The monoisotopic (exact) mass is 384 g/mol. The third-order valence-electron chi connectivity index (χ3n) is 3.99. The summed E-state index contributed by atoms with van der Waals surface area (Å²) < 4.78 is 48.7. The minimum absolute atomic E-state index is 0.0491. The number of H-pyrrole nitrogens is 1. The van der Waals surface area contributed by atoms with Crippen LogP contribution in [0.15, 0.2) is 12.1 Å². The molecule has 0 atom stereocenters. The second-order valence-electron chi connectivity index (χ2n) is 5.37. The number of carbonyl (C=O) groups is 1. The number of ether oxygens (including phenoxy) is 4. The number of rotatable bonds is 8. The van der Waals surface area contributed by atoms with Gasteiger partial charge < -0.3 is 29.7 Å². The third-order valence-corrected chi connectivity index (χ3v) is 3.99. The number of aromatic amines is 1. The maximum Gasteiger partial charge on any atom is 0.355 e. The molecule has 0 unspecified atom stereocenters. The van der Waals surface area contributed by atoms with Crippen molar-refractivity contribution in [2.75, 3.05) is 27.9 Å². The minimum Gasteiger partial charge on any atom is -0.493 e. The van der Waals surface area contributed by atoms with Crippen LogP contribution in [0.1, 0.15) is 35.1 Å². The average Bonchev–Trinajstić information content (AvgIpc) is 3.06. The molecular formula is C18H22F2N2O5. The Bertz CT molecular complexity index is 821. The van der Waals surface area contributed by atoms with Crippen molar-refractivity contribution in [1.82, 2.24) is 4.98 Å². The maximum absolute atomic E-state index is 13.9. The van der Waals surface area contributed by atoms with Crippen LogP contribution in [0.3, 0.4) is 0 Å². The summed E-state index contributed by atoms with van der Waals surface area (Å²) in [6, 6.07) is 3.10. The first-order chi connectivity index (χ1) is 12.9. The van der Waals surface area contributed by atoms with Crippen LogP contribution in [-0.4, -0.2) is 38.9 Å². The minimum atomic E-state index is -2.95. The number of hydrogen-bond donors (Lipinski definition) is 2. The van der Waals surface area contributed by atoms with Crippen LogP contribution in [0, 0.1) is 0 Å². The molecule has 0 fully saturated rings. The van der Waals surface area contributed by atoms with Gasteiger partial charge in [0.25, 0.3) is 6.43 Å². The zero-order chi connectivity index (χ0) is 20.1. The molecule has 2 rings (SSSR count). The quantitative estimate of drug-likeness (QED) is 0.678. The number of carbonyl (C=O) groups excluding carboxylic acids is 1. The normalized spacial score (nSPS) is 10.8. The van der Waals surface area contributed by atoms with Crippen molar-refractivity contribution in [3.63, 3.8) is 0 Å². The largest absolute Gasteiger partial charge is 0.493 e. The van der Waals surface area contributed by atoms with E-state index in [1.54, 1.807) is 19.1 Å². The Morgan fingerprint density at radius 3 is 2.30 bits per heavy atom. The van der Waals surface area contributed by atoms with Crippen molar-refractivity contribution in [1.29, 1.82) is 0 Å². The van der Waals surface area contributed by atoms with Crippen LogP contribution < -0.4 is 19.9 Å². The van der Waals surface area contributed by atoms with Gasteiger partial charge in [-0.05, 0) is 19.1 Å². The Kier molecular flexibility index (Phi) is 6.62. The highest BCUT2D eigenvalue weighted by Crippen LogP contribution is 2.48. The average molecular weight is 384 g/mol. The molecule has 1 aromatic carbocycles. The van der Waals surface area contributed by atoms with Crippen LogP contribution in [0.25, 0.3) is 11.1 Å². The molecule has 9 heteroatoms. The molecule has 1 heterocycles. The Balaban J connectivity index is 2.84. The number of nitrogens with two attached hydrogens (primary N) is 1. The van der Waals surface area contributed by atoms with E-state index in [4.69, 9.17) is 24.7 Å². The van der Waals surface area contributed by atoms with Gasteiger partial charge in [0.2, 0.25) is 5.75 Å². The SMILES string of the molecule is CCOC(=O)c1[nH]c(CN)c(-c2ccc(OC)c(OC)c2OC)c1C(F)F. The summed E-state index contributed by atoms with van der Waals surface area (Å²) in [6.07, 6.45) is -2.95. The van der Waals surface area contributed by atoms with Crippen LogP contribution in [0.4, 0.5) is 8.78 Å². The third kappa shape index (κ3) is 3.68. The molecule has 0 bridgehead atoms. The molecule has 27 heavy (non-hydrogen) atoms. The van der Waals surface area contributed by atoms with E-state index in [2.05, 4.69) is 4.98 Å². The standard InChI is InChI=1S/C18H22F2N2O5/c1-5-27-18(23)14-13(17(19)20)12(10(8-21)22-14)9-6-7-11(24-2)16(26-4)15(9)25-3/h6-7,17,22H,5,8,21H2,1-4H3. The first kappa shape index (κ1) is 20.5. The predicted octanol–water partition coefficient (Wildman–Crippen LogP) is 3.28. The van der Waals surface area contributed by atoms with E-state index in [9.17, 15) is 13.6 Å². The zero-order valence-electron chi connectivity index (χ0n) is 15.5. The molecule has 0 saturated carbocycles. The lowest BCUT2D eigenvalue weighted by Crippen LogP contribution is -2.08. The predicted molar refractivity (Wildman–Crippen MR) is 94.7 cm³/mol. The smallest absolute Gasteiger partial charge is 0.355 e. The van der Waals surface area contributed by atoms with Gasteiger partial charge in [0.15, 0.2) is 11.5 Å². The van der Waals surface area contributed by atoms with E-state index in [1.807, 2.05) is 0 Å². The first-order valence-electron chi connectivity index (χ1n) is 8.14. The summed E-state index contributed by atoms with van der Waals surface area (Å²) in [5.74, 6) is -0.0947. The van der Waals surface area contributed by atoms with Gasteiger partial charge in [0, 0.05) is 23.4 Å². The van der Waals surface area contributed by atoms with Gasteiger partial charge in [0.1, 0.15) is 5.69 Å². The van der Waals surface area contributed by atoms with E-state index in [-0.39, 0.29) is 47.2 Å². The number of hydrogen-bond acceptors (Lipinski definition) is 6. The Morgan fingerprint density at radius 1 is 1.15 bits per heavy atom. The maximum atomic E-state index is 13.9. The van der Waals surface area contributed by atoms with Gasteiger partial charge >= 0.3 is 5.97 Å². The summed E-state index contributed by atoms with van der Waals surface area (Å²) in [5, 5.41) is 0. The number of nitrogens with one attached hydrogen (secondary N) is 1. The Morgan fingerprint density at radius 2 is 1.81 bits per heavy atom. The van der Waals surface area contributed by atoms with Crippen molar-refractivity contribution < 1.29 is 32.5 Å². The molecule has 1 aromatic heterocycles. The molecule has 0 aliphatic rings. The molecule has 0 aliphatic carbocycles. The second kappa shape index (κ2) is 8.72. The highest BCUT2D eigenvalue weighted by Gasteiger charge is 2.31. The second-order valence-corrected chi connectivity index (χ2v) is 5.37. The molecular weight excluding hydrogens is 362 g/mol. The first-order valence-corrected chi connectivity index (χ1v) is 8.14. The number of methoxy groups -OCH3 is 3. The fraction of sp³-hybridized carbons (Fsp3) is 0.389. The van der Waals surface area contributed by atoms with Crippen molar-refractivity contribution in [3.8, 4) is 28.4 Å². The van der Waals surface area contributed by atoms with Crippen molar-refractivity contribution in [2.45, 2.75) is 19.9 Å². The van der Waals surface area contributed by atoms with Gasteiger partial charge in [0.05, 0.1) is 33.5 Å². The summed E-state index contributed by atoms with van der Waals surface area (Å²) in [5.41, 5.74) is 5.52. The van der Waals surface area contributed by atoms with Crippen molar-refractivity contribution in [2.24, 2.45) is 5.73 Å². The molecule has 0 radical (unpaired) electrons. The van der Waals surface area contributed by atoms with Gasteiger partial charge in [-0.3, -0.25) is 0 Å². The highest BCUT2D eigenvalue weighted by atomic mass is 19.3. The van der Waals surface area contributed by atoms with Crippen molar-refractivity contribution in [3.05, 3.63) is 29.1 Å². The molecule has 148 valence electrons. The number of aromatic nitrogens is 1. The van der Waals surface area contributed by atoms with Gasteiger partial charge in [-0.25, -0.2) is 13.6 Å². The van der Waals surface area contributed by atoms with Gasteiger partial charge in [-0.1, -0.05) is 0 Å². The number of esters is 1. The Labute approximate surface area is 155 Å².